The van der Waals surface area contributed by atoms with E-state index in [4.69, 9.17) is 23.2 Å². The summed E-state index contributed by atoms with van der Waals surface area (Å²) in [4.78, 5) is 11.8. The fourth-order valence-electron chi connectivity index (χ4n) is 3.49. The normalized spacial score (nSPS) is 11.3. The number of rotatable bonds is 18. The van der Waals surface area contributed by atoms with Crippen LogP contribution in [0.4, 0.5) is 0 Å². The average Bonchev–Trinajstić information content (AvgIpc) is 2.72. The van der Waals surface area contributed by atoms with Gasteiger partial charge in [-0.1, -0.05) is 126 Å². The van der Waals surface area contributed by atoms with Crippen molar-refractivity contribution >= 4 is 35.3 Å². The molecule has 0 atom stereocenters. The van der Waals surface area contributed by atoms with Gasteiger partial charge >= 0.3 is 0 Å². The van der Waals surface area contributed by atoms with Crippen molar-refractivity contribution in [3.05, 3.63) is 33.8 Å². The lowest BCUT2D eigenvalue weighted by Gasteiger charge is -2.03. The Labute approximate surface area is 194 Å². The van der Waals surface area contributed by atoms with E-state index in [2.05, 4.69) is 17.5 Å². The molecule has 0 aliphatic carbocycles. The molecular weight excluding hydrogens is 415 g/mol. The van der Waals surface area contributed by atoms with Crippen molar-refractivity contribution < 1.29 is 4.79 Å². The first kappa shape index (κ1) is 27.0. The molecule has 3 nitrogen and oxygen atoms in total. The highest BCUT2D eigenvalue weighted by Crippen LogP contribution is 2.19. The van der Waals surface area contributed by atoms with Gasteiger partial charge in [-0.25, -0.2) is 5.43 Å². The largest absolute Gasteiger partial charge is 0.273 e. The highest BCUT2D eigenvalue weighted by molar-refractivity contribution is 6.36. The number of carbonyl (C=O) groups is 1. The molecule has 0 saturated heterocycles. The lowest BCUT2D eigenvalue weighted by Crippen LogP contribution is -2.16. The number of hydrogen-bond acceptors (Lipinski definition) is 2. The lowest BCUT2D eigenvalue weighted by molar-refractivity contribution is -0.121. The fraction of sp³-hybridized carbons (Fsp3) is 0.680. The molecule has 1 rings (SSSR count). The molecule has 0 fully saturated rings. The lowest BCUT2D eigenvalue weighted by atomic mass is 10.0. The number of amides is 1. The molecule has 0 unspecified atom stereocenters. The molecule has 0 heterocycles. The van der Waals surface area contributed by atoms with Crippen molar-refractivity contribution in [2.24, 2.45) is 5.10 Å². The first-order valence-electron chi connectivity index (χ1n) is 11.9. The number of hydrazone groups is 1. The summed E-state index contributed by atoms with van der Waals surface area (Å²) in [6, 6.07) is 5.17. The van der Waals surface area contributed by atoms with E-state index in [1.165, 1.54) is 83.5 Å². The van der Waals surface area contributed by atoms with Crippen LogP contribution in [0.25, 0.3) is 0 Å². The summed E-state index contributed by atoms with van der Waals surface area (Å²) in [5.74, 6) is -0.0500. The van der Waals surface area contributed by atoms with Gasteiger partial charge in [0.2, 0.25) is 5.91 Å². The van der Waals surface area contributed by atoms with Gasteiger partial charge in [-0.15, -0.1) is 0 Å². The van der Waals surface area contributed by atoms with Crippen molar-refractivity contribution in [3.63, 3.8) is 0 Å². The second kappa shape index (κ2) is 18.7. The highest BCUT2D eigenvalue weighted by Gasteiger charge is 2.01. The predicted octanol–water partition coefficient (Wildman–Crippen LogP) is 8.71. The second-order valence-electron chi connectivity index (χ2n) is 8.16. The maximum absolute atomic E-state index is 11.8. The number of halogens is 2. The van der Waals surface area contributed by atoms with Gasteiger partial charge in [0.25, 0.3) is 0 Å². The smallest absolute Gasteiger partial charge is 0.240 e. The molecular formula is C25H40Cl2N2O. The zero-order valence-electron chi connectivity index (χ0n) is 18.7. The highest BCUT2D eigenvalue weighted by atomic mass is 35.5. The molecule has 0 spiro atoms. The average molecular weight is 456 g/mol. The molecule has 0 radical (unpaired) electrons. The minimum absolute atomic E-state index is 0.0500. The SMILES string of the molecule is CCCCCCCCCCCCCCCCCC(=O)N/N=C\c1ccc(Cl)cc1Cl. The van der Waals surface area contributed by atoms with Crippen LogP contribution >= 0.6 is 23.2 Å². The van der Waals surface area contributed by atoms with E-state index in [0.717, 1.165) is 18.4 Å². The summed E-state index contributed by atoms with van der Waals surface area (Å²) in [7, 11) is 0. The number of unbranched alkanes of at least 4 members (excludes halogenated alkanes) is 14. The summed E-state index contributed by atoms with van der Waals surface area (Å²) >= 11 is 11.9. The number of hydrogen-bond donors (Lipinski definition) is 1. The molecule has 5 heteroatoms. The van der Waals surface area contributed by atoms with Gasteiger partial charge in [-0.2, -0.15) is 5.10 Å². The van der Waals surface area contributed by atoms with Gasteiger partial charge in [-0.05, 0) is 18.6 Å². The Morgan fingerprint density at radius 2 is 1.33 bits per heavy atom. The molecule has 1 aromatic rings. The van der Waals surface area contributed by atoms with Crippen LogP contribution in [0.2, 0.25) is 10.0 Å². The van der Waals surface area contributed by atoms with E-state index in [-0.39, 0.29) is 5.91 Å². The molecule has 30 heavy (non-hydrogen) atoms. The van der Waals surface area contributed by atoms with Crippen LogP contribution in [0.15, 0.2) is 23.3 Å². The molecule has 0 aliphatic heterocycles. The quantitative estimate of drug-likeness (QED) is 0.134. The maximum atomic E-state index is 11.8. The minimum atomic E-state index is -0.0500. The zero-order valence-corrected chi connectivity index (χ0v) is 20.2. The van der Waals surface area contributed by atoms with E-state index >= 15 is 0 Å². The van der Waals surface area contributed by atoms with E-state index in [1.54, 1.807) is 24.4 Å². The second-order valence-corrected chi connectivity index (χ2v) is 9.00. The Hall–Kier alpha value is -1.06. The molecule has 0 saturated carbocycles. The van der Waals surface area contributed by atoms with Gasteiger partial charge in [-0.3, -0.25) is 4.79 Å². The number of nitrogens with zero attached hydrogens (tertiary/aromatic N) is 1. The topological polar surface area (TPSA) is 41.5 Å². The molecule has 170 valence electrons. The van der Waals surface area contributed by atoms with Crippen molar-refractivity contribution in [2.45, 2.75) is 110 Å². The van der Waals surface area contributed by atoms with Crippen LogP contribution < -0.4 is 5.43 Å². The van der Waals surface area contributed by atoms with Crippen LogP contribution in [-0.4, -0.2) is 12.1 Å². The summed E-state index contributed by atoms with van der Waals surface area (Å²) in [5.41, 5.74) is 3.29. The van der Waals surface area contributed by atoms with Crippen molar-refractivity contribution in [2.75, 3.05) is 0 Å². The Bertz CT molecular complexity index is 605. The third-order valence-electron chi connectivity index (χ3n) is 5.36. The summed E-state index contributed by atoms with van der Waals surface area (Å²) in [5, 5.41) is 5.06. The molecule has 1 N–H and O–H groups in total. The predicted molar refractivity (Wildman–Crippen MR) is 132 cm³/mol. The van der Waals surface area contributed by atoms with Crippen LogP contribution in [0.3, 0.4) is 0 Å². The van der Waals surface area contributed by atoms with Crippen molar-refractivity contribution in [1.82, 2.24) is 5.43 Å². The standard InChI is InChI=1S/C25H40Cl2N2O/c1-2-3-4-5-6-7-8-9-10-11-12-13-14-15-16-17-25(30)29-28-21-22-18-19-23(26)20-24(22)27/h18-21H,2-17H2,1H3,(H,29,30)/b28-21-. The third kappa shape index (κ3) is 14.8. The zero-order chi connectivity index (χ0) is 21.9. The van der Waals surface area contributed by atoms with Crippen LogP contribution in [0, 0.1) is 0 Å². The number of benzene rings is 1. The van der Waals surface area contributed by atoms with Gasteiger partial charge in [0.05, 0.1) is 11.2 Å². The third-order valence-corrected chi connectivity index (χ3v) is 5.93. The van der Waals surface area contributed by atoms with Gasteiger partial charge in [0, 0.05) is 17.0 Å². The Morgan fingerprint density at radius 1 is 0.833 bits per heavy atom. The van der Waals surface area contributed by atoms with Crippen LogP contribution in [0.5, 0.6) is 0 Å². The minimum Gasteiger partial charge on any atom is -0.273 e. The maximum Gasteiger partial charge on any atom is 0.240 e. The van der Waals surface area contributed by atoms with Crippen molar-refractivity contribution in [1.29, 1.82) is 0 Å². The molecule has 1 aromatic carbocycles. The van der Waals surface area contributed by atoms with Gasteiger partial charge in [0.15, 0.2) is 0 Å². The molecule has 0 bridgehead atoms. The molecule has 1 amide bonds. The van der Waals surface area contributed by atoms with Gasteiger partial charge < -0.3 is 0 Å². The Balaban J connectivity index is 1.88. The van der Waals surface area contributed by atoms with E-state index in [0.29, 0.717) is 16.5 Å². The Morgan fingerprint density at radius 3 is 1.83 bits per heavy atom. The van der Waals surface area contributed by atoms with Crippen molar-refractivity contribution in [3.8, 4) is 0 Å². The first-order chi connectivity index (χ1) is 14.6. The van der Waals surface area contributed by atoms with Gasteiger partial charge in [0.1, 0.15) is 0 Å². The molecule has 0 aliphatic rings. The van der Waals surface area contributed by atoms with E-state index < -0.39 is 0 Å². The molecule has 0 aromatic heterocycles. The fourth-order valence-corrected chi connectivity index (χ4v) is 3.95. The monoisotopic (exact) mass is 454 g/mol. The number of nitrogens with one attached hydrogen (secondary N) is 1. The summed E-state index contributed by atoms with van der Waals surface area (Å²) in [6.45, 7) is 2.27. The summed E-state index contributed by atoms with van der Waals surface area (Å²) in [6.07, 6.45) is 21.9. The summed E-state index contributed by atoms with van der Waals surface area (Å²) < 4.78 is 0. The Kier molecular flexibility index (Phi) is 16.8. The first-order valence-corrected chi connectivity index (χ1v) is 12.7. The van der Waals surface area contributed by atoms with Crippen LogP contribution in [0.1, 0.15) is 115 Å². The van der Waals surface area contributed by atoms with Crippen LogP contribution in [-0.2, 0) is 4.79 Å². The van der Waals surface area contributed by atoms with E-state index in [9.17, 15) is 4.79 Å². The number of carbonyl (C=O) groups excluding carboxylic acids is 1. The van der Waals surface area contributed by atoms with E-state index in [1.807, 2.05) is 0 Å².